The van der Waals surface area contributed by atoms with Gasteiger partial charge < -0.3 is 15.0 Å². The van der Waals surface area contributed by atoms with E-state index in [2.05, 4.69) is 43.3 Å². The Kier molecular flexibility index (Phi) is 5.40. The van der Waals surface area contributed by atoms with Crippen LogP contribution < -0.4 is 15.6 Å². The van der Waals surface area contributed by atoms with E-state index in [4.69, 9.17) is 7.25 Å². The van der Waals surface area contributed by atoms with Crippen molar-refractivity contribution in [2.45, 2.75) is 25.8 Å². The number of thiol groups is 1. The first-order valence-corrected chi connectivity index (χ1v) is 10.9. The summed E-state index contributed by atoms with van der Waals surface area (Å²) in [6.07, 6.45) is 4.88. The van der Waals surface area contributed by atoms with Gasteiger partial charge in [0.25, 0.3) is 5.56 Å². The fourth-order valence-corrected chi connectivity index (χ4v) is 5.01. The molecule has 3 aromatic rings. The van der Waals surface area contributed by atoms with Gasteiger partial charge in [0.2, 0.25) is 5.88 Å². The van der Waals surface area contributed by atoms with Crippen molar-refractivity contribution >= 4 is 43.5 Å². The third kappa shape index (κ3) is 3.67. The number of rotatable bonds is 5. The molecule has 29 heavy (non-hydrogen) atoms. The molecule has 0 aliphatic carbocycles. The number of halogens is 1. The molecule has 2 N–H and O–H groups in total. The van der Waals surface area contributed by atoms with Gasteiger partial charge >= 0.3 is 0 Å². The Morgan fingerprint density at radius 3 is 2.76 bits per heavy atom. The average molecular weight is 527 g/mol. The van der Waals surface area contributed by atoms with E-state index in [1.54, 1.807) is 30.3 Å². The van der Waals surface area contributed by atoms with Gasteiger partial charge in [0, 0.05) is 29.4 Å². The number of aromatic amines is 1. The topological polar surface area (TPSA) is 120 Å². The number of anilines is 1. The van der Waals surface area contributed by atoms with Gasteiger partial charge in [-0.15, -0.1) is 0 Å². The smallest absolute Gasteiger partial charge is 0.257 e. The van der Waals surface area contributed by atoms with Gasteiger partial charge in [-0.1, -0.05) is 0 Å². The van der Waals surface area contributed by atoms with Gasteiger partial charge in [0.05, 0.1) is 44.0 Å². The highest BCUT2D eigenvalue weighted by atomic mass is 127. The van der Waals surface area contributed by atoms with Crippen LogP contribution in [-0.2, 0) is 14.5 Å². The number of ether oxygens (including phenoxy) is 1. The molecule has 12 heteroatoms. The molecule has 10 nitrogen and oxygen atoms in total. The monoisotopic (exact) mass is 527 g/mol. The molecule has 0 amide bonds. The van der Waals surface area contributed by atoms with Crippen molar-refractivity contribution in [1.29, 1.82) is 0 Å². The largest absolute Gasteiger partial charge is 0.481 e. The van der Waals surface area contributed by atoms with Crippen LogP contribution in [0, 0.1) is 0 Å². The Bertz CT molecular complexity index is 1140. The van der Waals surface area contributed by atoms with Crippen molar-refractivity contribution in [3.8, 4) is 17.4 Å². The van der Waals surface area contributed by atoms with Crippen molar-refractivity contribution in [3.63, 3.8) is 0 Å². The lowest BCUT2D eigenvalue weighted by atomic mass is 9.89. The summed E-state index contributed by atoms with van der Waals surface area (Å²) >= 11 is 3.07. The Labute approximate surface area is 182 Å². The first-order valence-electron chi connectivity index (χ1n) is 8.54. The summed E-state index contributed by atoms with van der Waals surface area (Å²) in [5.74, 6) is 1.39. The fraction of sp³-hybridized carbons (Fsp3) is 0.294. The number of aromatic nitrogens is 6. The Morgan fingerprint density at radius 1 is 1.31 bits per heavy atom. The first-order chi connectivity index (χ1) is 13.9. The summed E-state index contributed by atoms with van der Waals surface area (Å²) in [5, 5.41) is 7.77. The van der Waals surface area contributed by atoms with Crippen LogP contribution in [0.1, 0.15) is 25.0 Å². The molecule has 1 aliphatic heterocycles. The van der Waals surface area contributed by atoms with Crippen LogP contribution in [0.15, 0.2) is 29.6 Å². The van der Waals surface area contributed by atoms with Gasteiger partial charge in [-0.3, -0.25) is 7.31 Å². The zero-order valence-corrected chi connectivity index (χ0v) is 18.9. The lowest BCUT2D eigenvalue weighted by Gasteiger charge is -2.17. The van der Waals surface area contributed by atoms with Gasteiger partial charge in [-0.05, 0) is 26.8 Å². The van der Waals surface area contributed by atoms with Gasteiger partial charge in [0.15, 0.2) is 5.82 Å². The summed E-state index contributed by atoms with van der Waals surface area (Å²) in [6, 6.07) is 1.73. The lowest BCUT2D eigenvalue weighted by molar-refractivity contribution is 0.366. The van der Waals surface area contributed by atoms with Crippen LogP contribution in [0.25, 0.3) is 11.5 Å². The highest BCUT2D eigenvalue weighted by Crippen LogP contribution is 2.37. The minimum atomic E-state index is -0.799. The fourth-order valence-electron chi connectivity index (χ4n) is 3.16. The third-order valence-corrected chi connectivity index (χ3v) is 7.29. The summed E-state index contributed by atoms with van der Waals surface area (Å²) in [6.45, 7) is 4.35. The maximum Gasteiger partial charge on any atom is 0.257 e. The summed E-state index contributed by atoms with van der Waals surface area (Å²) in [5.41, 5.74) is 1.23. The molecular weight excluding hydrogens is 509 g/mol. The van der Waals surface area contributed by atoms with Crippen molar-refractivity contribution in [2.75, 3.05) is 12.4 Å². The maximum atomic E-state index is 12.8. The molecule has 4 heterocycles. The van der Waals surface area contributed by atoms with Crippen LogP contribution in [-0.4, -0.2) is 40.5 Å². The Hall–Kier alpha value is -2.32. The van der Waals surface area contributed by atoms with E-state index in [1.807, 2.05) is 13.8 Å². The van der Waals surface area contributed by atoms with Gasteiger partial charge in [-0.2, -0.15) is 5.10 Å². The highest BCUT2D eigenvalue weighted by molar-refractivity contribution is 14.2. The number of nitrogens with zero attached hydrogens (tertiary/aromatic N) is 5. The summed E-state index contributed by atoms with van der Waals surface area (Å²) in [7, 11) is 1.56. The molecule has 4 rings (SSSR count). The molecule has 0 fully saturated rings. The average Bonchev–Trinajstić information content (AvgIpc) is 3.21. The second-order valence-corrected chi connectivity index (χ2v) is 9.66. The van der Waals surface area contributed by atoms with E-state index >= 15 is 0 Å². The Balaban J connectivity index is 1.74. The predicted octanol–water partition coefficient (Wildman–Crippen LogP) is 2.06. The molecule has 0 bridgehead atoms. The number of nitrogens with one attached hydrogen (secondary N) is 2. The molecule has 152 valence electrons. The molecule has 1 aliphatic rings. The van der Waals surface area contributed by atoms with Crippen LogP contribution in [0.3, 0.4) is 0 Å². The highest BCUT2D eigenvalue weighted by Gasteiger charge is 2.40. The number of methoxy groups -OCH3 is 1. The number of H-pyrrole nitrogens is 1. The van der Waals surface area contributed by atoms with Crippen molar-refractivity contribution in [1.82, 2.24) is 29.7 Å². The molecule has 0 radical (unpaired) electrons. The summed E-state index contributed by atoms with van der Waals surface area (Å²) < 4.78 is 13.1. The van der Waals surface area contributed by atoms with E-state index in [0.29, 0.717) is 35.3 Å². The van der Waals surface area contributed by atoms with E-state index in [-0.39, 0.29) is 5.56 Å². The van der Waals surface area contributed by atoms with Crippen LogP contribution >= 0.6 is 34.1 Å². The van der Waals surface area contributed by atoms with Crippen molar-refractivity contribution in [2.24, 2.45) is 0 Å². The number of fused-ring (bicyclic) bond motifs is 1. The molecule has 0 spiro atoms. The van der Waals surface area contributed by atoms with Crippen LogP contribution in [0.4, 0.5) is 5.82 Å². The zero-order valence-electron chi connectivity index (χ0n) is 15.8. The second kappa shape index (κ2) is 7.84. The van der Waals surface area contributed by atoms with E-state index in [1.165, 1.54) is 6.33 Å². The second-order valence-electron chi connectivity index (χ2n) is 6.82. The van der Waals surface area contributed by atoms with Gasteiger partial charge in [0.1, 0.15) is 17.8 Å². The standard InChI is InChI=1S/C17H18IN7O3S/c1-17(2)12-14(23-16(17)18-28-29)21-13(22-15(12)26)10-4-11(27-3)25(24-10)7-9-5-19-8-20-6-9/h4-6,8,29H,7H2,1-3H3,(H2,21,22,23,26). The molecule has 3 aromatic heterocycles. The molecule has 0 atom stereocenters. The Morgan fingerprint density at radius 2 is 2.07 bits per heavy atom. The van der Waals surface area contributed by atoms with E-state index < -0.39 is 26.6 Å². The molecular formula is C17H18IN7O3S. The van der Waals surface area contributed by atoms with Crippen LogP contribution in [0.5, 0.6) is 5.88 Å². The minimum Gasteiger partial charge on any atom is -0.481 e. The van der Waals surface area contributed by atoms with E-state index in [9.17, 15) is 4.79 Å². The van der Waals surface area contributed by atoms with Crippen LogP contribution in [0.2, 0.25) is 0 Å². The predicted molar refractivity (Wildman–Crippen MR) is 120 cm³/mol. The molecule has 0 unspecified atom stereocenters. The molecule has 0 saturated carbocycles. The number of hydrogen-bond acceptors (Lipinski definition) is 9. The SMILES string of the molecule is COc1cc(-c2nc3c(c(=O)[nH]2)C(C)(C)C(=IOS)N3)nn1Cc1cncnc1. The number of hydrogen-bond donors (Lipinski definition) is 3. The quantitative estimate of drug-likeness (QED) is 0.262. The lowest BCUT2D eigenvalue weighted by Crippen LogP contribution is -2.30. The third-order valence-electron chi connectivity index (χ3n) is 4.57. The van der Waals surface area contributed by atoms with Gasteiger partial charge in [-0.25, -0.2) is 19.6 Å². The first kappa shape index (κ1) is 20.0. The normalized spacial score (nSPS) is 16.2. The summed E-state index contributed by atoms with van der Waals surface area (Å²) in [4.78, 5) is 28.3. The van der Waals surface area contributed by atoms with Crippen molar-refractivity contribution < 1.29 is 7.25 Å². The molecule has 0 saturated heterocycles. The minimum absolute atomic E-state index is 0.217. The van der Waals surface area contributed by atoms with E-state index in [0.717, 1.165) is 9.20 Å². The maximum absolute atomic E-state index is 12.8. The van der Waals surface area contributed by atoms with Crippen molar-refractivity contribution in [3.05, 3.63) is 46.3 Å². The molecule has 0 aromatic carbocycles. The zero-order chi connectivity index (χ0) is 20.6.